The summed E-state index contributed by atoms with van der Waals surface area (Å²) in [7, 11) is 0. The maximum Gasteiger partial charge on any atom is 0.232 e. The Bertz CT molecular complexity index is 683. The monoisotopic (exact) mass is 434 g/mol. The van der Waals surface area contributed by atoms with Crippen LogP contribution < -0.4 is 0 Å². The van der Waals surface area contributed by atoms with Crippen molar-refractivity contribution < 1.29 is 9.32 Å². The highest BCUT2D eigenvalue weighted by Gasteiger charge is 2.32. The molecule has 1 aromatic heterocycles. The van der Waals surface area contributed by atoms with Crippen molar-refractivity contribution >= 4 is 5.78 Å². The number of carbonyl (C=O) groups excluding carboxylic acids is 1. The number of carbonyl (C=O) groups is 1. The average molecular weight is 435 g/mol. The fraction of sp³-hybridized carbons (Fsp3) is 0.889. The lowest BCUT2D eigenvalue weighted by Gasteiger charge is -2.37. The molecule has 2 rings (SSSR count). The lowest BCUT2D eigenvalue weighted by molar-refractivity contribution is -0.127. The van der Waals surface area contributed by atoms with Crippen molar-refractivity contribution in [1.82, 2.24) is 10.1 Å². The van der Waals surface area contributed by atoms with Crippen LogP contribution in [0.25, 0.3) is 0 Å². The number of aromatic nitrogens is 2. The van der Waals surface area contributed by atoms with E-state index in [0.29, 0.717) is 17.1 Å². The van der Waals surface area contributed by atoms with Crippen LogP contribution in [0.4, 0.5) is 0 Å². The summed E-state index contributed by atoms with van der Waals surface area (Å²) in [5.41, 5.74) is 0.446. The van der Waals surface area contributed by atoms with Crippen LogP contribution in [0.1, 0.15) is 127 Å². The van der Waals surface area contributed by atoms with Crippen LogP contribution in [0.5, 0.6) is 0 Å². The second-order valence-electron chi connectivity index (χ2n) is 14.0. The number of ketones is 1. The summed E-state index contributed by atoms with van der Waals surface area (Å²) in [6.45, 7) is 25.9. The van der Waals surface area contributed by atoms with Gasteiger partial charge in [0.05, 0.1) is 0 Å². The summed E-state index contributed by atoms with van der Waals surface area (Å²) in [6.07, 6.45) is 6.79. The van der Waals surface area contributed by atoms with Gasteiger partial charge in [0.25, 0.3) is 0 Å². The zero-order valence-electron chi connectivity index (χ0n) is 22.6. The third-order valence-corrected chi connectivity index (χ3v) is 6.18. The molecule has 0 atom stereocenters. The van der Waals surface area contributed by atoms with Gasteiger partial charge in [-0.2, -0.15) is 4.98 Å². The van der Waals surface area contributed by atoms with Gasteiger partial charge in [0.2, 0.25) is 5.89 Å². The van der Waals surface area contributed by atoms with Gasteiger partial charge in [-0.15, -0.1) is 0 Å². The Balaban J connectivity index is 0.000000316. The first-order valence-electron chi connectivity index (χ1n) is 12.2. The molecule has 4 nitrogen and oxygen atoms in total. The quantitative estimate of drug-likeness (QED) is 0.487. The summed E-state index contributed by atoms with van der Waals surface area (Å²) >= 11 is 0. The van der Waals surface area contributed by atoms with E-state index in [1.807, 2.05) is 20.8 Å². The molecule has 0 unspecified atom stereocenters. The lowest BCUT2D eigenvalue weighted by atomic mass is 9.68. The Morgan fingerprint density at radius 2 is 1.39 bits per heavy atom. The van der Waals surface area contributed by atoms with Gasteiger partial charge in [0.1, 0.15) is 5.78 Å². The molecule has 1 saturated carbocycles. The van der Waals surface area contributed by atoms with Crippen LogP contribution in [0.15, 0.2) is 4.52 Å². The van der Waals surface area contributed by atoms with Crippen molar-refractivity contribution in [3.63, 3.8) is 0 Å². The Morgan fingerprint density at radius 3 is 1.74 bits per heavy atom. The lowest BCUT2D eigenvalue weighted by Crippen LogP contribution is -2.29. The molecule has 0 amide bonds. The maximum absolute atomic E-state index is 12.0. The number of hydrogen-bond acceptors (Lipinski definition) is 4. The highest BCUT2D eigenvalue weighted by molar-refractivity contribution is 5.83. The van der Waals surface area contributed by atoms with Crippen molar-refractivity contribution in [1.29, 1.82) is 0 Å². The van der Waals surface area contributed by atoms with Crippen LogP contribution in [0.2, 0.25) is 0 Å². The molecule has 0 spiro atoms. The van der Waals surface area contributed by atoms with Gasteiger partial charge in [0, 0.05) is 23.7 Å². The van der Waals surface area contributed by atoms with Crippen molar-refractivity contribution in [2.24, 2.45) is 28.1 Å². The van der Waals surface area contributed by atoms with Gasteiger partial charge in [-0.1, -0.05) is 88.2 Å². The van der Waals surface area contributed by atoms with Crippen LogP contribution in [0, 0.1) is 28.1 Å². The van der Waals surface area contributed by atoms with Gasteiger partial charge in [-0.3, -0.25) is 4.79 Å². The van der Waals surface area contributed by atoms with Crippen molar-refractivity contribution in [3.05, 3.63) is 11.7 Å². The van der Waals surface area contributed by atoms with Gasteiger partial charge in [-0.05, 0) is 48.3 Å². The van der Waals surface area contributed by atoms with Crippen LogP contribution in [0.3, 0.4) is 0 Å². The second-order valence-corrected chi connectivity index (χ2v) is 14.0. The van der Waals surface area contributed by atoms with Crippen molar-refractivity contribution in [2.45, 2.75) is 127 Å². The minimum absolute atomic E-state index is 0.0524. The van der Waals surface area contributed by atoms with Crippen molar-refractivity contribution in [3.8, 4) is 0 Å². The number of Topliss-reactive ketones (excluding diaryl/α,β-unsaturated/α-hetero) is 1. The molecule has 0 radical (unpaired) electrons. The maximum atomic E-state index is 12.0. The van der Waals surface area contributed by atoms with E-state index in [9.17, 15) is 4.79 Å². The topological polar surface area (TPSA) is 56.0 Å². The second kappa shape index (κ2) is 10.2. The fourth-order valence-electron chi connectivity index (χ4n) is 3.91. The predicted octanol–water partition coefficient (Wildman–Crippen LogP) is 7.80. The Morgan fingerprint density at radius 1 is 0.871 bits per heavy atom. The molecular weight excluding hydrogens is 384 g/mol. The smallest absolute Gasteiger partial charge is 0.232 e. The summed E-state index contributed by atoms with van der Waals surface area (Å²) in [4.78, 5) is 16.4. The molecule has 31 heavy (non-hydrogen) atoms. The Kier molecular flexibility index (Phi) is 9.13. The van der Waals surface area contributed by atoms with E-state index < -0.39 is 0 Å². The Labute approximate surface area is 192 Å². The van der Waals surface area contributed by atoms with Gasteiger partial charge in [-0.25, -0.2) is 0 Å². The molecule has 1 heterocycles. The molecule has 0 saturated heterocycles. The fourth-order valence-corrected chi connectivity index (χ4v) is 3.91. The molecule has 1 fully saturated rings. The molecule has 1 aromatic rings. The van der Waals surface area contributed by atoms with Crippen LogP contribution in [-0.4, -0.2) is 15.9 Å². The SMILES string of the molecule is CC(C)(C)C(=O)CC1CCC(C(C)(C)C)CC1.CC(C)(C)Cc1noc(C(C)(C)C)n1. The number of rotatable bonds is 3. The van der Waals surface area contributed by atoms with Crippen molar-refractivity contribution in [2.75, 3.05) is 0 Å². The molecule has 0 bridgehead atoms. The van der Waals surface area contributed by atoms with E-state index in [-0.39, 0.29) is 16.2 Å². The van der Waals surface area contributed by atoms with E-state index >= 15 is 0 Å². The molecule has 180 valence electrons. The minimum atomic E-state index is -0.152. The third-order valence-electron chi connectivity index (χ3n) is 6.18. The summed E-state index contributed by atoms with van der Waals surface area (Å²) in [6, 6.07) is 0. The summed E-state index contributed by atoms with van der Waals surface area (Å²) in [5, 5.41) is 3.98. The minimum Gasteiger partial charge on any atom is -0.339 e. The normalized spacial score (nSPS) is 20.8. The largest absolute Gasteiger partial charge is 0.339 e. The first-order chi connectivity index (χ1) is 13.8. The van der Waals surface area contributed by atoms with Gasteiger partial charge < -0.3 is 4.52 Å². The first-order valence-corrected chi connectivity index (χ1v) is 12.2. The standard InChI is InChI=1S/C16H30O.C11H20N2O/c1-15(2,3)13-9-7-12(8-10-13)11-14(17)16(4,5)6;1-10(2,3)7-8-12-9(14-13-8)11(4,5)6/h12-13H,7-11H2,1-6H3;7H2,1-6H3. The van der Waals surface area contributed by atoms with E-state index in [1.165, 1.54) is 25.7 Å². The summed E-state index contributed by atoms with van der Waals surface area (Å²) < 4.78 is 5.21. The zero-order valence-corrected chi connectivity index (χ0v) is 22.6. The summed E-state index contributed by atoms with van der Waals surface area (Å²) in [5.74, 6) is 3.47. The molecule has 4 heteroatoms. The third kappa shape index (κ3) is 10.3. The zero-order chi connectivity index (χ0) is 24.3. The van der Waals surface area contributed by atoms with Gasteiger partial charge >= 0.3 is 0 Å². The molecule has 1 aliphatic carbocycles. The molecule has 0 N–H and O–H groups in total. The molecular formula is C27H50N2O2. The molecule has 0 aromatic carbocycles. The van der Waals surface area contributed by atoms with Gasteiger partial charge in [0.15, 0.2) is 5.82 Å². The van der Waals surface area contributed by atoms with E-state index in [4.69, 9.17) is 4.52 Å². The number of hydrogen-bond donors (Lipinski definition) is 0. The molecule has 0 aliphatic heterocycles. The highest BCUT2D eigenvalue weighted by Crippen LogP contribution is 2.41. The highest BCUT2D eigenvalue weighted by atomic mass is 16.5. The van der Waals surface area contributed by atoms with E-state index in [1.54, 1.807) is 0 Å². The first kappa shape index (κ1) is 27.8. The Hall–Kier alpha value is -1.19. The van der Waals surface area contributed by atoms with Crippen LogP contribution >= 0.6 is 0 Å². The predicted molar refractivity (Wildman–Crippen MR) is 130 cm³/mol. The molecule has 1 aliphatic rings. The van der Waals surface area contributed by atoms with Crippen LogP contribution in [-0.2, 0) is 16.6 Å². The number of nitrogens with zero attached hydrogens (tertiary/aromatic N) is 2. The van der Waals surface area contributed by atoms with E-state index in [2.05, 4.69) is 72.5 Å². The average Bonchev–Trinajstić information content (AvgIpc) is 3.01. The van der Waals surface area contributed by atoms with E-state index in [0.717, 1.165) is 30.5 Å².